The fourth-order valence-corrected chi connectivity index (χ4v) is 2.37. The topological polar surface area (TPSA) is 84.9 Å². The average Bonchev–Trinajstić information content (AvgIpc) is 2.66. The Morgan fingerprint density at radius 3 is 2.31 bits per heavy atom. The van der Waals surface area contributed by atoms with Crippen LogP contribution in [0, 0.1) is 6.92 Å². The summed E-state index contributed by atoms with van der Waals surface area (Å²) in [6.07, 6.45) is -2.27. The number of nitrogens with one attached hydrogen (secondary N) is 1. The predicted molar refractivity (Wildman–Crippen MR) is 96.3 cm³/mol. The molecule has 26 heavy (non-hydrogen) atoms. The molecule has 0 radical (unpaired) electrons. The van der Waals surface area contributed by atoms with Gasteiger partial charge in [0.2, 0.25) is 0 Å². The summed E-state index contributed by atoms with van der Waals surface area (Å²) >= 11 is 0. The van der Waals surface area contributed by atoms with Gasteiger partial charge in [0.25, 0.3) is 0 Å². The number of benzene rings is 2. The molecule has 0 heterocycles. The lowest BCUT2D eigenvalue weighted by atomic mass is 10.0. The zero-order valence-electron chi connectivity index (χ0n) is 14.8. The highest BCUT2D eigenvalue weighted by atomic mass is 16.6. The lowest BCUT2D eigenvalue weighted by Gasteiger charge is -2.23. The second-order valence-corrected chi connectivity index (χ2v) is 5.79. The van der Waals surface area contributed by atoms with Crippen molar-refractivity contribution in [3.05, 3.63) is 71.3 Å². The molecule has 0 fully saturated rings. The van der Waals surface area contributed by atoms with E-state index in [9.17, 15) is 14.7 Å². The minimum atomic E-state index is -1.54. The van der Waals surface area contributed by atoms with E-state index in [1.165, 1.54) is 0 Å². The molecule has 0 aromatic heterocycles. The fraction of sp³-hybridized carbons (Fsp3) is 0.300. The Balaban J connectivity index is 2.08. The summed E-state index contributed by atoms with van der Waals surface area (Å²) in [7, 11) is 0. The highest BCUT2D eigenvalue weighted by Gasteiger charge is 2.30. The number of ether oxygens (including phenoxy) is 2. The Morgan fingerprint density at radius 2 is 1.69 bits per heavy atom. The van der Waals surface area contributed by atoms with Crippen molar-refractivity contribution in [3.8, 4) is 0 Å². The van der Waals surface area contributed by atoms with Crippen LogP contribution in [0.15, 0.2) is 54.6 Å². The predicted octanol–water partition coefficient (Wildman–Crippen LogP) is 2.89. The highest BCUT2D eigenvalue weighted by Crippen LogP contribution is 2.19. The number of alkyl carbamates (subject to hydrolysis) is 1. The number of carbonyl (C=O) groups is 2. The normalized spacial score (nSPS) is 12.7. The van der Waals surface area contributed by atoms with Crippen LogP contribution in [0.3, 0.4) is 0 Å². The van der Waals surface area contributed by atoms with Crippen molar-refractivity contribution in [1.82, 2.24) is 5.32 Å². The summed E-state index contributed by atoms with van der Waals surface area (Å²) in [6, 6.07) is 15.4. The smallest absolute Gasteiger partial charge is 0.408 e. The van der Waals surface area contributed by atoms with Gasteiger partial charge < -0.3 is 19.9 Å². The van der Waals surface area contributed by atoms with E-state index in [1.54, 1.807) is 19.1 Å². The van der Waals surface area contributed by atoms with Gasteiger partial charge in [-0.05, 0) is 25.0 Å². The van der Waals surface area contributed by atoms with Gasteiger partial charge in [-0.15, -0.1) is 0 Å². The first kappa shape index (κ1) is 19.5. The third kappa shape index (κ3) is 5.60. The van der Waals surface area contributed by atoms with Crippen molar-refractivity contribution >= 4 is 12.1 Å². The molecule has 2 rings (SSSR count). The molecule has 2 aromatic carbocycles. The Labute approximate surface area is 152 Å². The van der Waals surface area contributed by atoms with E-state index in [2.05, 4.69) is 5.32 Å². The lowest BCUT2D eigenvalue weighted by Crippen LogP contribution is -2.41. The molecule has 0 spiro atoms. The molecule has 0 aliphatic heterocycles. The first-order valence-corrected chi connectivity index (χ1v) is 8.39. The van der Waals surface area contributed by atoms with Crippen molar-refractivity contribution in [3.63, 3.8) is 0 Å². The molecular formula is C20H23NO5. The van der Waals surface area contributed by atoms with E-state index in [0.717, 1.165) is 11.1 Å². The van der Waals surface area contributed by atoms with E-state index in [-0.39, 0.29) is 13.2 Å². The summed E-state index contributed by atoms with van der Waals surface area (Å²) < 4.78 is 10.0. The Bertz CT molecular complexity index is 715. The number of amides is 1. The maximum absolute atomic E-state index is 12.2. The molecule has 0 saturated carbocycles. The van der Waals surface area contributed by atoms with Gasteiger partial charge in [-0.25, -0.2) is 9.59 Å². The lowest BCUT2D eigenvalue weighted by molar-refractivity contribution is -0.154. The number of rotatable bonds is 7. The van der Waals surface area contributed by atoms with E-state index in [1.807, 2.05) is 49.4 Å². The van der Waals surface area contributed by atoms with Crippen LogP contribution in [0.1, 0.15) is 29.7 Å². The van der Waals surface area contributed by atoms with Gasteiger partial charge in [0.15, 0.2) is 6.10 Å². The molecule has 0 aliphatic rings. The molecule has 138 valence electrons. The van der Waals surface area contributed by atoms with Crippen molar-refractivity contribution in [2.75, 3.05) is 6.61 Å². The molecule has 2 atom stereocenters. The quantitative estimate of drug-likeness (QED) is 0.744. The average molecular weight is 357 g/mol. The largest absolute Gasteiger partial charge is 0.464 e. The van der Waals surface area contributed by atoms with Gasteiger partial charge in [0, 0.05) is 0 Å². The molecule has 6 heteroatoms. The summed E-state index contributed by atoms with van der Waals surface area (Å²) in [5.41, 5.74) is 2.43. The summed E-state index contributed by atoms with van der Waals surface area (Å²) in [5.74, 6) is -0.804. The van der Waals surface area contributed by atoms with Crippen LogP contribution in [0.4, 0.5) is 4.79 Å². The monoisotopic (exact) mass is 357 g/mol. The van der Waals surface area contributed by atoms with Crippen molar-refractivity contribution < 1.29 is 24.2 Å². The summed E-state index contributed by atoms with van der Waals surface area (Å²) in [5, 5.41) is 12.9. The van der Waals surface area contributed by atoms with Gasteiger partial charge >= 0.3 is 12.1 Å². The molecule has 0 bridgehead atoms. The van der Waals surface area contributed by atoms with Crippen LogP contribution in [-0.2, 0) is 20.9 Å². The van der Waals surface area contributed by atoms with E-state index < -0.39 is 24.2 Å². The summed E-state index contributed by atoms with van der Waals surface area (Å²) in [4.78, 5) is 24.1. The van der Waals surface area contributed by atoms with Crippen molar-refractivity contribution in [2.45, 2.75) is 32.6 Å². The molecule has 2 aromatic rings. The van der Waals surface area contributed by atoms with Crippen LogP contribution in [-0.4, -0.2) is 29.9 Å². The Kier molecular flexibility index (Phi) is 7.17. The van der Waals surface area contributed by atoms with Crippen LogP contribution >= 0.6 is 0 Å². The zero-order chi connectivity index (χ0) is 18.9. The number of aliphatic hydroxyl groups is 1. The van der Waals surface area contributed by atoms with Crippen LogP contribution in [0.2, 0.25) is 0 Å². The second kappa shape index (κ2) is 9.58. The minimum absolute atomic E-state index is 0.0861. The minimum Gasteiger partial charge on any atom is -0.464 e. The van der Waals surface area contributed by atoms with Crippen molar-refractivity contribution in [2.24, 2.45) is 0 Å². The molecule has 0 saturated heterocycles. The van der Waals surface area contributed by atoms with Crippen LogP contribution < -0.4 is 5.32 Å². The first-order valence-electron chi connectivity index (χ1n) is 8.39. The second-order valence-electron chi connectivity index (χ2n) is 5.79. The molecule has 1 amide bonds. The maximum Gasteiger partial charge on any atom is 0.408 e. The molecule has 0 aliphatic carbocycles. The van der Waals surface area contributed by atoms with E-state index >= 15 is 0 Å². The van der Waals surface area contributed by atoms with E-state index in [4.69, 9.17) is 9.47 Å². The number of hydrogen-bond acceptors (Lipinski definition) is 5. The standard InChI is InChI=1S/C20H23NO5/c1-3-25-19(23)18(22)17(16-11-9-14(2)10-12-16)21-20(24)26-13-15-7-5-4-6-8-15/h4-12,17-18,22H,3,13H2,1-2H3,(H,21,24)/t17-,18+/m1/s1. The number of aryl methyl sites for hydroxylation is 1. The Hall–Kier alpha value is -2.86. The molecular weight excluding hydrogens is 334 g/mol. The summed E-state index contributed by atoms with van der Waals surface area (Å²) in [6.45, 7) is 3.78. The van der Waals surface area contributed by atoms with Gasteiger partial charge in [-0.1, -0.05) is 60.2 Å². The SMILES string of the molecule is CCOC(=O)[C@@H](O)[C@H](NC(=O)OCc1ccccc1)c1ccc(C)cc1. The van der Waals surface area contributed by atoms with E-state index in [0.29, 0.717) is 5.56 Å². The Morgan fingerprint density at radius 1 is 1.04 bits per heavy atom. The third-order valence-corrected chi connectivity index (χ3v) is 3.77. The van der Waals surface area contributed by atoms with Gasteiger partial charge in [0.1, 0.15) is 6.61 Å². The van der Waals surface area contributed by atoms with Gasteiger partial charge in [0.05, 0.1) is 12.6 Å². The van der Waals surface area contributed by atoms with Crippen LogP contribution in [0.5, 0.6) is 0 Å². The molecule has 0 unspecified atom stereocenters. The molecule has 6 nitrogen and oxygen atoms in total. The number of carbonyl (C=O) groups excluding carboxylic acids is 2. The number of aliphatic hydroxyl groups excluding tert-OH is 1. The molecule has 2 N–H and O–H groups in total. The fourth-order valence-electron chi connectivity index (χ4n) is 2.37. The number of hydrogen-bond donors (Lipinski definition) is 2. The maximum atomic E-state index is 12.2. The van der Waals surface area contributed by atoms with Crippen molar-refractivity contribution in [1.29, 1.82) is 0 Å². The first-order chi connectivity index (χ1) is 12.5. The zero-order valence-corrected chi connectivity index (χ0v) is 14.8. The van der Waals surface area contributed by atoms with Gasteiger partial charge in [-0.2, -0.15) is 0 Å². The van der Waals surface area contributed by atoms with Crippen LogP contribution in [0.25, 0.3) is 0 Å². The van der Waals surface area contributed by atoms with Gasteiger partial charge in [-0.3, -0.25) is 0 Å². The highest BCUT2D eigenvalue weighted by molar-refractivity contribution is 5.77. The number of esters is 1. The third-order valence-electron chi connectivity index (χ3n) is 3.77.